The number of nitrogens with zero attached hydrogens (tertiary/aromatic N) is 1. The molecule has 1 unspecified atom stereocenters. The van der Waals surface area contributed by atoms with Crippen LogP contribution in [0.15, 0.2) is 35.0 Å². The molecular formula is C15H16N2O4S. The number of nitro benzene ring substituents is 1. The van der Waals surface area contributed by atoms with Gasteiger partial charge in [0.15, 0.2) is 0 Å². The van der Waals surface area contributed by atoms with Crippen LogP contribution >= 0.6 is 11.3 Å². The van der Waals surface area contributed by atoms with E-state index in [-0.39, 0.29) is 17.7 Å². The molecule has 0 radical (unpaired) electrons. The van der Waals surface area contributed by atoms with Crippen LogP contribution in [0.4, 0.5) is 5.69 Å². The van der Waals surface area contributed by atoms with E-state index in [1.165, 1.54) is 12.1 Å². The van der Waals surface area contributed by atoms with Crippen molar-refractivity contribution in [2.24, 2.45) is 0 Å². The van der Waals surface area contributed by atoms with E-state index in [0.717, 1.165) is 5.56 Å². The maximum Gasteiger partial charge on any atom is 0.273 e. The Kier molecular flexibility index (Phi) is 5.24. The highest BCUT2D eigenvalue weighted by Gasteiger charge is 2.19. The van der Waals surface area contributed by atoms with Crippen LogP contribution < -0.4 is 5.32 Å². The first-order valence-electron chi connectivity index (χ1n) is 6.61. The Balaban J connectivity index is 2.10. The Morgan fingerprint density at radius 2 is 2.23 bits per heavy atom. The molecule has 6 nitrogen and oxygen atoms in total. The monoisotopic (exact) mass is 320 g/mol. The zero-order valence-corrected chi connectivity index (χ0v) is 13.1. The topological polar surface area (TPSA) is 81.5 Å². The molecule has 0 saturated heterocycles. The average molecular weight is 320 g/mol. The molecule has 1 N–H and O–H groups in total. The maximum atomic E-state index is 12.2. The van der Waals surface area contributed by atoms with Crippen molar-refractivity contribution in [2.75, 3.05) is 13.7 Å². The molecule has 0 spiro atoms. The van der Waals surface area contributed by atoms with Crippen LogP contribution in [0.2, 0.25) is 0 Å². The van der Waals surface area contributed by atoms with Gasteiger partial charge in [-0.05, 0) is 35.4 Å². The minimum atomic E-state index is -0.491. The third-order valence-electron chi connectivity index (χ3n) is 3.39. The molecule has 1 aromatic carbocycles. The summed E-state index contributed by atoms with van der Waals surface area (Å²) >= 11 is 1.55. The minimum absolute atomic E-state index is 0.0613. The van der Waals surface area contributed by atoms with Crippen molar-refractivity contribution in [3.8, 4) is 0 Å². The van der Waals surface area contributed by atoms with Crippen LogP contribution in [-0.4, -0.2) is 24.5 Å². The highest BCUT2D eigenvalue weighted by Crippen LogP contribution is 2.22. The highest BCUT2D eigenvalue weighted by atomic mass is 32.1. The van der Waals surface area contributed by atoms with Crippen LogP contribution in [-0.2, 0) is 4.74 Å². The van der Waals surface area contributed by atoms with Gasteiger partial charge in [-0.3, -0.25) is 14.9 Å². The molecule has 2 rings (SSSR count). The molecule has 1 aromatic heterocycles. The first-order chi connectivity index (χ1) is 10.5. The van der Waals surface area contributed by atoms with Crippen molar-refractivity contribution >= 4 is 22.9 Å². The van der Waals surface area contributed by atoms with Gasteiger partial charge in [0.25, 0.3) is 11.6 Å². The number of thiophene rings is 1. The Bertz CT molecular complexity index is 670. The first kappa shape index (κ1) is 16.1. The number of rotatable bonds is 6. The number of nitrogens with one attached hydrogen (secondary N) is 1. The molecule has 0 saturated carbocycles. The van der Waals surface area contributed by atoms with Crippen molar-refractivity contribution < 1.29 is 14.5 Å². The van der Waals surface area contributed by atoms with Gasteiger partial charge in [0.2, 0.25) is 0 Å². The van der Waals surface area contributed by atoms with E-state index in [1.54, 1.807) is 31.4 Å². The van der Waals surface area contributed by atoms with Crippen LogP contribution in [0.5, 0.6) is 0 Å². The molecule has 0 aliphatic rings. The highest BCUT2D eigenvalue weighted by molar-refractivity contribution is 7.07. The second-order valence-electron chi connectivity index (χ2n) is 4.70. The third kappa shape index (κ3) is 3.49. The summed E-state index contributed by atoms with van der Waals surface area (Å²) in [5.74, 6) is -0.349. The second-order valence-corrected chi connectivity index (χ2v) is 5.48. The number of methoxy groups -OCH3 is 1. The first-order valence-corrected chi connectivity index (χ1v) is 7.56. The summed E-state index contributed by atoms with van der Waals surface area (Å²) in [6.07, 6.45) is -0.241. The SMILES string of the molecule is COC(CNC(=O)c1cccc([N+](=O)[O-])c1C)c1ccsc1. The van der Waals surface area contributed by atoms with Gasteiger partial charge in [-0.1, -0.05) is 6.07 Å². The third-order valence-corrected chi connectivity index (χ3v) is 4.10. The van der Waals surface area contributed by atoms with Gasteiger partial charge in [0.05, 0.1) is 4.92 Å². The largest absolute Gasteiger partial charge is 0.375 e. The summed E-state index contributed by atoms with van der Waals surface area (Å²) in [6.45, 7) is 1.87. The Morgan fingerprint density at radius 1 is 1.45 bits per heavy atom. The normalized spacial score (nSPS) is 11.9. The molecule has 0 fully saturated rings. The van der Waals surface area contributed by atoms with Crippen LogP contribution in [0.1, 0.15) is 27.6 Å². The standard InChI is InChI=1S/C15H16N2O4S/c1-10-12(4-3-5-13(10)17(19)20)15(18)16-8-14(21-2)11-6-7-22-9-11/h3-7,9,14H,8H2,1-2H3,(H,16,18). The molecule has 1 amide bonds. The van der Waals surface area contributed by atoms with Crippen molar-refractivity contribution in [1.29, 1.82) is 0 Å². The quantitative estimate of drug-likeness (QED) is 0.655. The van der Waals surface area contributed by atoms with Crippen molar-refractivity contribution in [1.82, 2.24) is 5.32 Å². The number of hydrogen-bond donors (Lipinski definition) is 1. The summed E-state index contributed by atoms with van der Waals surface area (Å²) in [5.41, 5.74) is 1.58. The number of carbonyl (C=O) groups is 1. The smallest absolute Gasteiger partial charge is 0.273 e. The molecule has 7 heteroatoms. The van der Waals surface area contributed by atoms with Gasteiger partial charge < -0.3 is 10.1 Å². The second kappa shape index (κ2) is 7.15. The van der Waals surface area contributed by atoms with Crippen LogP contribution in [0, 0.1) is 17.0 Å². The summed E-state index contributed by atoms with van der Waals surface area (Å²) < 4.78 is 5.36. The van der Waals surface area contributed by atoms with E-state index >= 15 is 0 Å². The zero-order valence-electron chi connectivity index (χ0n) is 12.2. The fraction of sp³-hybridized carbons (Fsp3) is 0.267. The molecule has 116 valence electrons. The summed E-state index contributed by atoms with van der Waals surface area (Å²) in [7, 11) is 1.58. The molecule has 2 aromatic rings. The Labute approximate surface area is 131 Å². The summed E-state index contributed by atoms with van der Waals surface area (Å²) in [6, 6.07) is 6.40. The number of amides is 1. The zero-order chi connectivity index (χ0) is 16.1. The van der Waals surface area contributed by atoms with E-state index in [9.17, 15) is 14.9 Å². The molecule has 0 bridgehead atoms. The van der Waals surface area contributed by atoms with E-state index in [4.69, 9.17) is 4.74 Å². The molecule has 0 aliphatic carbocycles. The number of carbonyl (C=O) groups excluding carboxylic acids is 1. The van der Waals surface area contributed by atoms with Gasteiger partial charge in [-0.25, -0.2) is 0 Å². The van der Waals surface area contributed by atoms with Gasteiger partial charge in [0, 0.05) is 30.8 Å². The predicted molar refractivity (Wildman–Crippen MR) is 84.2 cm³/mol. The van der Waals surface area contributed by atoms with Crippen molar-refractivity contribution in [3.63, 3.8) is 0 Å². The minimum Gasteiger partial charge on any atom is -0.375 e. The predicted octanol–water partition coefficient (Wildman–Crippen LogP) is 3.08. The fourth-order valence-electron chi connectivity index (χ4n) is 2.14. The lowest BCUT2D eigenvalue weighted by molar-refractivity contribution is -0.385. The molecule has 1 heterocycles. The van der Waals surface area contributed by atoms with E-state index in [2.05, 4.69) is 5.32 Å². The van der Waals surface area contributed by atoms with Crippen molar-refractivity contribution in [2.45, 2.75) is 13.0 Å². The van der Waals surface area contributed by atoms with Crippen LogP contribution in [0.25, 0.3) is 0 Å². The van der Waals surface area contributed by atoms with Gasteiger partial charge in [-0.2, -0.15) is 11.3 Å². The number of ether oxygens (including phenoxy) is 1. The molecule has 22 heavy (non-hydrogen) atoms. The van der Waals surface area contributed by atoms with E-state index in [1.807, 2.05) is 16.8 Å². The lowest BCUT2D eigenvalue weighted by Gasteiger charge is -2.15. The number of benzene rings is 1. The summed E-state index contributed by atoms with van der Waals surface area (Å²) in [4.78, 5) is 22.7. The molecule has 1 atom stereocenters. The van der Waals surface area contributed by atoms with Crippen molar-refractivity contribution in [3.05, 3.63) is 61.8 Å². The number of nitro groups is 1. The van der Waals surface area contributed by atoms with Gasteiger partial charge in [-0.15, -0.1) is 0 Å². The maximum absolute atomic E-state index is 12.2. The summed E-state index contributed by atoms with van der Waals surface area (Å²) in [5, 5.41) is 17.6. The van der Waals surface area contributed by atoms with E-state index < -0.39 is 4.92 Å². The van der Waals surface area contributed by atoms with E-state index in [0.29, 0.717) is 17.7 Å². The van der Waals surface area contributed by atoms with Gasteiger partial charge >= 0.3 is 0 Å². The fourth-order valence-corrected chi connectivity index (χ4v) is 2.85. The Hall–Kier alpha value is -2.25. The number of hydrogen-bond acceptors (Lipinski definition) is 5. The molecule has 0 aliphatic heterocycles. The Morgan fingerprint density at radius 3 is 2.82 bits per heavy atom. The lowest BCUT2D eigenvalue weighted by Crippen LogP contribution is -2.29. The molecular weight excluding hydrogens is 304 g/mol. The lowest BCUT2D eigenvalue weighted by atomic mass is 10.1. The average Bonchev–Trinajstić information content (AvgIpc) is 3.01. The van der Waals surface area contributed by atoms with Gasteiger partial charge in [0.1, 0.15) is 6.10 Å². The van der Waals surface area contributed by atoms with Crippen LogP contribution in [0.3, 0.4) is 0 Å².